The average Bonchev–Trinajstić information content (AvgIpc) is 3.29. The second kappa shape index (κ2) is 8.16. The number of amides is 1. The van der Waals surface area contributed by atoms with Crippen molar-refractivity contribution in [3.8, 4) is 11.5 Å². The maximum Gasteiger partial charge on any atom is 0.239 e. The van der Waals surface area contributed by atoms with E-state index in [2.05, 4.69) is 10.3 Å². The van der Waals surface area contributed by atoms with Gasteiger partial charge in [0.2, 0.25) is 11.8 Å². The Labute approximate surface area is 186 Å². The van der Waals surface area contributed by atoms with Crippen molar-refractivity contribution in [1.82, 2.24) is 4.98 Å². The molecular weight excluding hydrogens is 396 g/mol. The third-order valence-electron chi connectivity index (χ3n) is 5.84. The number of fused-ring (bicyclic) bond motifs is 1. The van der Waals surface area contributed by atoms with Crippen molar-refractivity contribution in [3.05, 3.63) is 120 Å². The van der Waals surface area contributed by atoms with Crippen LogP contribution in [0.5, 0.6) is 0 Å². The molecule has 4 aromatic carbocycles. The lowest BCUT2D eigenvalue weighted by molar-refractivity contribution is -0.119. The molecule has 0 aliphatic carbocycles. The van der Waals surface area contributed by atoms with Crippen LogP contribution in [0.1, 0.15) is 18.1 Å². The van der Waals surface area contributed by atoms with Crippen LogP contribution in [-0.4, -0.2) is 10.9 Å². The van der Waals surface area contributed by atoms with Gasteiger partial charge in [-0.15, -0.1) is 0 Å². The van der Waals surface area contributed by atoms with E-state index < -0.39 is 5.41 Å². The second-order valence-corrected chi connectivity index (χ2v) is 7.88. The molecule has 32 heavy (non-hydrogen) atoms. The quantitative estimate of drug-likeness (QED) is 0.357. The van der Waals surface area contributed by atoms with E-state index in [1.165, 1.54) is 0 Å². The maximum absolute atomic E-state index is 13.6. The highest BCUT2D eigenvalue weighted by atomic mass is 16.3. The second-order valence-electron chi connectivity index (χ2n) is 7.88. The zero-order valence-corrected chi connectivity index (χ0v) is 17.7. The summed E-state index contributed by atoms with van der Waals surface area (Å²) >= 11 is 0. The minimum absolute atomic E-state index is 0.0930. The SMILES string of the molecule is CC(C(=O)Nc1ccc(-c2nc3ccccc3o2)cc1)(c1ccccc1)c1ccccc1. The first-order valence-corrected chi connectivity index (χ1v) is 10.5. The molecule has 0 atom stereocenters. The molecule has 0 saturated carbocycles. The molecule has 5 rings (SSSR count). The van der Waals surface area contributed by atoms with Crippen LogP contribution in [0.4, 0.5) is 5.69 Å². The monoisotopic (exact) mass is 418 g/mol. The van der Waals surface area contributed by atoms with Crippen molar-refractivity contribution in [1.29, 1.82) is 0 Å². The number of rotatable bonds is 5. The van der Waals surface area contributed by atoms with Gasteiger partial charge in [0.1, 0.15) is 5.52 Å². The van der Waals surface area contributed by atoms with Crippen molar-refractivity contribution < 1.29 is 9.21 Å². The van der Waals surface area contributed by atoms with Crippen LogP contribution in [0.2, 0.25) is 0 Å². The van der Waals surface area contributed by atoms with E-state index in [-0.39, 0.29) is 5.91 Å². The number of nitrogens with zero attached hydrogens (tertiary/aromatic N) is 1. The summed E-state index contributed by atoms with van der Waals surface area (Å²) in [5.74, 6) is 0.465. The molecule has 0 saturated heterocycles. The fraction of sp³-hybridized carbons (Fsp3) is 0.0714. The van der Waals surface area contributed by atoms with Gasteiger partial charge < -0.3 is 9.73 Å². The predicted molar refractivity (Wildman–Crippen MR) is 127 cm³/mol. The lowest BCUT2D eigenvalue weighted by atomic mass is 9.75. The molecule has 0 aliphatic heterocycles. The number of oxazole rings is 1. The molecule has 0 unspecified atom stereocenters. The Balaban J connectivity index is 1.44. The lowest BCUT2D eigenvalue weighted by Gasteiger charge is -2.29. The first kappa shape index (κ1) is 19.8. The molecule has 1 amide bonds. The Kier molecular flexibility index (Phi) is 5.04. The standard InChI is InChI=1S/C28H22N2O2/c1-28(21-10-4-2-5-11-21,22-12-6-3-7-13-22)27(31)29-23-18-16-20(17-19-23)26-30-24-14-8-9-15-25(24)32-26/h2-19H,1H3,(H,29,31). The smallest absolute Gasteiger partial charge is 0.239 e. The number of nitrogens with one attached hydrogen (secondary N) is 1. The van der Waals surface area contributed by atoms with Gasteiger partial charge in [0.25, 0.3) is 0 Å². The van der Waals surface area contributed by atoms with Gasteiger partial charge in [-0.1, -0.05) is 72.8 Å². The summed E-state index contributed by atoms with van der Waals surface area (Å²) in [6.07, 6.45) is 0. The van der Waals surface area contributed by atoms with E-state index in [1.54, 1.807) is 0 Å². The lowest BCUT2D eigenvalue weighted by Crippen LogP contribution is -2.38. The molecule has 4 heteroatoms. The molecule has 156 valence electrons. The van der Waals surface area contributed by atoms with Gasteiger partial charge in [-0.2, -0.15) is 0 Å². The number of para-hydroxylation sites is 2. The number of carbonyl (C=O) groups excluding carboxylic acids is 1. The largest absolute Gasteiger partial charge is 0.436 e. The molecule has 5 aromatic rings. The molecule has 0 fully saturated rings. The zero-order chi connectivity index (χ0) is 22.0. The van der Waals surface area contributed by atoms with E-state index in [4.69, 9.17) is 4.42 Å². The summed E-state index contributed by atoms with van der Waals surface area (Å²) in [6.45, 7) is 1.96. The van der Waals surface area contributed by atoms with E-state index >= 15 is 0 Å². The molecule has 1 N–H and O–H groups in total. The number of hydrogen-bond donors (Lipinski definition) is 1. The Bertz CT molecular complexity index is 1280. The van der Waals surface area contributed by atoms with Gasteiger partial charge >= 0.3 is 0 Å². The Morgan fingerprint density at radius 3 is 1.91 bits per heavy atom. The van der Waals surface area contributed by atoms with Gasteiger partial charge in [-0.25, -0.2) is 4.98 Å². The first-order chi connectivity index (χ1) is 15.6. The molecule has 0 spiro atoms. The number of benzene rings is 4. The fourth-order valence-electron chi connectivity index (χ4n) is 3.92. The van der Waals surface area contributed by atoms with Gasteiger partial charge in [-0.3, -0.25) is 4.79 Å². The summed E-state index contributed by atoms with van der Waals surface area (Å²) in [5.41, 5.74) is 4.18. The van der Waals surface area contributed by atoms with Crippen molar-refractivity contribution >= 4 is 22.7 Å². The van der Waals surface area contributed by atoms with Crippen LogP contribution in [0.25, 0.3) is 22.6 Å². The fourth-order valence-corrected chi connectivity index (χ4v) is 3.92. The van der Waals surface area contributed by atoms with Crippen LogP contribution in [0.3, 0.4) is 0 Å². The highest BCUT2D eigenvalue weighted by Crippen LogP contribution is 2.34. The highest BCUT2D eigenvalue weighted by Gasteiger charge is 2.37. The molecule has 0 aliphatic rings. The van der Waals surface area contributed by atoms with E-state index in [9.17, 15) is 4.79 Å². The minimum Gasteiger partial charge on any atom is -0.436 e. The van der Waals surface area contributed by atoms with Gasteiger partial charge in [0, 0.05) is 11.3 Å². The molecule has 1 aromatic heterocycles. The van der Waals surface area contributed by atoms with Crippen LogP contribution in [0.15, 0.2) is 114 Å². The number of carbonyl (C=O) groups is 1. The van der Waals surface area contributed by atoms with Gasteiger partial charge in [0.05, 0.1) is 5.41 Å². The molecule has 4 nitrogen and oxygen atoms in total. The minimum atomic E-state index is -0.832. The Hall–Kier alpha value is -4.18. The molecule has 0 bridgehead atoms. The highest BCUT2D eigenvalue weighted by molar-refractivity contribution is 6.01. The summed E-state index contributed by atoms with van der Waals surface area (Å²) in [5, 5.41) is 3.09. The number of hydrogen-bond acceptors (Lipinski definition) is 3. The molecular formula is C28H22N2O2. The summed E-state index contributed by atoms with van der Waals surface area (Å²) < 4.78 is 5.85. The Morgan fingerprint density at radius 2 is 1.31 bits per heavy atom. The van der Waals surface area contributed by atoms with E-state index in [1.807, 2.05) is 116 Å². The summed E-state index contributed by atoms with van der Waals surface area (Å²) in [6, 6.07) is 34.9. The van der Waals surface area contributed by atoms with E-state index in [0.717, 1.165) is 27.8 Å². The Morgan fingerprint density at radius 1 is 0.750 bits per heavy atom. The summed E-state index contributed by atoms with van der Waals surface area (Å²) in [4.78, 5) is 18.1. The van der Waals surface area contributed by atoms with Crippen LogP contribution in [0, 0.1) is 0 Å². The van der Waals surface area contributed by atoms with Crippen LogP contribution in [-0.2, 0) is 10.2 Å². The van der Waals surface area contributed by atoms with Gasteiger partial charge in [0.15, 0.2) is 5.58 Å². The van der Waals surface area contributed by atoms with Crippen molar-refractivity contribution in [2.75, 3.05) is 5.32 Å². The molecule has 1 heterocycles. The van der Waals surface area contributed by atoms with Crippen LogP contribution >= 0.6 is 0 Å². The normalized spacial score (nSPS) is 11.4. The topological polar surface area (TPSA) is 55.1 Å². The third-order valence-corrected chi connectivity index (χ3v) is 5.84. The van der Waals surface area contributed by atoms with Crippen LogP contribution < -0.4 is 5.32 Å². The van der Waals surface area contributed by atoms with E-state index in [0.29, 0.717) is 11.6 Å². The van der Waals surface area contributed by atoms with Crippen molar-refractivity contribution in [2.45, 2.75) is 12.3 Å². The number of aromatic nitrogens is 1. The predicted octanol–water partition coefficient (Wildman–Crippen LogP) is 6.44. The maximum atomic E-state index is 13.6. The van der Waals surface area contributed by atoms with Crippen molar-refractivity contribution in [3.63, 3.8) is 0 Å². The first-order valence-electron chi connectivity index (χ1n) is 10.5. The van der Waals surface area contributed by atoms with Crippen molar-refractivity contribution in [2.24, 2.45) is 0 Å². The average molecular weight is 418 g/mol. The number of anilines is 1. The summed E-state index contributed by atoms with van der Waals surface area (Å²) in [7, 11) is 0. The van der Waals surface area contributed by atoms with Gasteiger partial charge in [-0.05, 0) is 54.4 Å². The molecule has 0 radical (unpaired) electrons. The zero-order valence-electron chi connectivity index (χ0n) is 17.7. The third kappa shape index (κ3) is 3.56.